The van der Waals surface area contributed by atoms with E-state index in [2.05, 4.69) is 32.3 Å². The van der Waals surface area contributed by atoms with Crippen LogP contribution in [0.2, 0.25) is 0 Å². The molecule has 0 spiro atoms. The minimum absolute atomic E-state index is 0.591. The number of hydrogen-bond donors (Lipinski definition) is 1. The first-order valence-corrected chi connectivity index (χ1v) is 6.64. The summed E-state index contributed by atoms with van der Waals surface area (Å²) in [6.07, 6.45) is 9.69. The minimum atomic E-state index is 0.591. The van der Waals surface area contributed by atoms with Crippen LogP contribution < -0.4 is 0 Å². The van der Waals surface area contributed by atoms with Gasteiger partial charge in [-0.2, -0.15) is 0 Å². The number of hydrogen-bond acceptors (Lipinski definition) is 2. The van der Waals surface area contributed by atoms with Crippen LogP contribution in [0, 0.1) is 5.92 Å². The normalized spacial score (nSPS) is 24.3. The van der Waals surface area contributed by atoms with E-state index < -0.39 is 0 Å². The molecule has 1 fully saturated rings. The molecule has 1 saturated carbocycles. The molecule has 1 aliphatic rings. The van der Waals surface area contributed by atoms with E-state index in [4.69, 9.17) is 0 Å². The molecular weight excluding hydrogens is 224 g/mol. The number of aromatic nitrogens is 4. The molecule has 1 N–H and O–H groups in total. The summed E-state index contributed by atoms with van der Waals surface area (Å²) in [5.41, 5.74) is 3.17. The van der Waals surface area contributed by atoms with Crippen LogP contribution in [-0.2, 0) is 0 Å². The van der Waals surface area contributed by atoms with Crippen LogP contribution in [0.15, 0.2) is 24.7 Å². The van der Waals surface area contributed by atoms with E-state index >= 15 is 0 Å². The third-order valence-corrected chi connectivity index (χ3v) is 4.28. The van der Waals surface area contributed by atoms with Crippen LogP contribution >= 0.6 is 0 Å². The van der Waals surface area contributed by atoms with Gasteiger partial charge in [-0.15, -0.1) is 0 Å². The average molecular weight is 240 g/mol. The van der Waals surface area contributed by atoms with E-state index in [-0.39, 0.29) is 0 Å². The number of rotatable bonds is 1. The Kier molecular flexibility index (Phi) is 2.01. The molecule has 2 atom stereocenters. The molecule has 4 nitrogen and oxygen atoms in total. The Hall–Kier alpha value is -1.84. The fourth-order valence-electron chi connectivity index (χ4n) is 3.29. The average Bonchev–Trinajstić information content (AvgIpc) is 3.04. The molecule has 4 rings (SSSR count). The van der Waals surface area contributed by atoms with Crippen molar-refractivity contribution >= 4 is 16.7 Å². The van der Waals surface area contributed by atoms with Gasteiger partial charge in [-0.1, -0.05) is 13.3 Å². The monoisotopic (exact) mass is 240 g/mol. The standard InChI is InChI=1S/C14H16N4/c1-9-3-2-4-11(9)14-17-8-10-7-16-13-12(18(10)14)5-6-15-13/h5-9,11,15H,2-4H2,1H3. The van der Waals surface area contributed by atoms with E-state index in [1.54, 1.807) is 0 Å². The predicted octanol–water partition coefficient (Wildman–Crippen LogP) is 3.11. The maximum absolute atomic E-state index is 4.67. The Bertz CT molecular complexity index is 709. The molecule has 0 aliphatic heterocycles. The number of nitrogens with zero attached hydrogens (tertiary/aromatic N) is 3. The van der Waals surface area contributed by atoms with Crippen molar-refractivity contribution in [2.75, 3.05) is 0 Å². The number of fused-ring (bicyclic) bond motifs is 3. The molecule has 18 heavy (non-hydrogen) atoms. The summed E-state index contributed by atoms with van der Waals surface area (Å²) < 4.78 is 2.27. The molecule has 3 heterocycles. The second-order valence-corrected chi connectivity index (χ2v) is 5.36. The summed E-state index contributed by atoms with van der Waals surface area (Å²) >= 11 is 0. The first-order valence-electron chi connectivity index (χ1n) is 6.64. The number of nitrogens with one attached hydrogen (secondary N) is 1. The van der Waals surface area contributed by atoms with Crippen LogP contribution in [0.4, 0.5) is 0 Å². The van der Waals surface area contributed by atoms with Crippen molar-refractivity contribution in [1.29, 1.82) is 0 Å². The van der Waals surface area contributed by atoms with E-state index in [0.29, 0.717) is 5.92 Å². The largest absolute Gasteiger partial charge is 0.345 e. The van der Waals surface area contributed by atoms with Crippen molar-refractivity contribution in [2.24, 2.45) is 5.92 Å². The Morgan fingerprint density at radius 1 is 1.28 bits per heavy atom. The zero-order valence-corrected chi connectivity index (χ0v) is 10.4. The molecule has 1 aliphatic carbocycles. The van der Waals surface area contributed by atoms with Gasteiger partial charge in [-0.25, -0.2) is 9.97 Å². The number of imidazole rings is 1. The lowest BCUT2D eigenvalue weighted by Crippen LogP contribution is -2.07. The van der Waals surface area contributed by atoms with Crippen LogP contribution in [0.3, 0.4) is 0 Å². The fourth-order valence-corrected chi connectivity index (χ4v) is 3.29. The quantitative estimate of drug-likeness (QED) is 0.710. The summed E-state index contributed by atoms with van der Waals surface area (Å²) in [5.74, 6) is 2.53. The van der Waals surface area contributed by atoms with Crippen molar-refractivity contribution in [3.63, 3.8) is 0 Å². The summed E-state index contributed by atoms with van der Waals surface area (Å²) in [6, 6.07) is 2.08. The molecule has 3 aromatic rings. The molecule has 92 valence electrons. The Balaban J connectivity index is 2.02. The third kappa shape index (κ3) is 1.26. The van der Waals surface area contributed by atoms with E-state index in [1.165, 1.54) is 25.1 Å². The van der Waals surface area contributed by atoms with Gasteiger partial charge in [0.25, 0.3) is 0 Å². The van der Waals surface area contributed by atoms with Crippen LogP contribution in [0.1, 0.15) is 37.9 Å². The Morgan fingerprint density at radius 2 is 2.17 bits per heavy atom. The maximum atomic E-state index is 4.67. The van der Waals surface area contributed by atoms with Crippen molar-refractivity contribution in [3.05, 3.63) is 30.5 Å². The van der Waals surface area contributed by atoms with Crippen LogP contribution in [-0.4, -0.2) is 19.4 Å². The summed E-state index contributed by atoms with van der Waals surface area (Å²) in [4.78, 5) is 12.2. The van der Waals surface area contributed by atoms with Gasteiger partial charge in [0.2, 0.25) is 0 Å². The van der Waals surface area contributed by atoms with Crippen LogP contribution in [0.25, 0.3) is 16.7 Å². The summed E-state index contributed by atoms with van der Waals surface area (Å²) in [7, 11) is 0. The molecule has 3 aromatic heterocycles. The highest BCUT2D eigenvalue weighted by molar-refractivity contribution is 5.75. The highest BCUT2D eigenvalue weighted by atomic mass is 15.1. The smallest absolute Gasteiger partial charge is 0.154 e. The lowest BCUT2D eigenvalue weighted by molar-refractivity contribution is 0.510. The molecule has 0 bridgehead atoms. The zero-order chi connectivity index (χ0) is 12.1. The minimum Gasteiger partial charge on any atom is -0.345 e. The third-order valence-electron chi connectivity index (χ3n) is 4.28. The van der Waals surface area contributed by atoms with Crippen LogP contribution in [0.5, 0.6) is 0 Å². The van der Waals surface area contributed by atoms with Gasteiger partial charge in [0.15, 0.2) is 5.65 Å². The number of H-pyrrole nitrogens is 1. The maximum Gasteiger partial charge on any atom is 0.154 e. The van der Waals surface area contributed by atoms with E-state index in [1.807, 2.05) is 18.6 Å². The first kappa shape index (κ1) is 10.1. The van der Waals surface area contributed by atoms with Gasteiger partial charge < -0.3 is 4.98 Å². The highest BCUT2D eigenvalue weighted by Gasteiger charge is 2.28. The SMILES string of the molecule is CC1CCCC1c1ncc2cnc3[nH]ccc3n12. The second kappa shape index (κ2) is 3.57. The molecule has 0 amide bonds. The van der Waals surface area contributed by atoms with Gasteiger partial charge >= 0.3 is 0 Å². The van der Waals surface area contributed by atoms with Gasteiger partial charge in [0.05, 0.1) is 23.4 Å². The summed E-state index contributed by atoms with van der Waals surface area (Å²) in [6.45, 7) is 2.34. The van der Waals surface area contributed by atoms with Crippen molar-refractivity contribution in [3.8, 4) is 0 Å². The van der Waals surface area contributed by atoms with Crippen molar-refractivity contribution < 1.29 is 0 Å². The molecule has 0 radical (unpaired) electrons. The predicted molar refractivity (Wildman–Crippen MR) is 70.6 cm³/mol. The molecule has 4 heteroatoms. The van der Waals surface area contributed by atoms with Gasteiger partial charge in [0.1, 0.15) is 5.82 Å². The van der Waals surface area contributed by atoms with Gasteiger partial charge in [-0.05, 0) is 24.8 Å². The second-order valence-electron chi connectivity index (χ2n) is 5.36. The van der Waals surface area contributed by atoms with Gasteiger partial charge in [0, 0.05) is 12.1 Å². The fraction of sp³-hybridized carbons (Fsp3) is 0.429. The Morgan fingerprint density at radius 3 is 3.00 bits per heavy atom. The van der Waals surface area contributed by atoms with Crippen molar-refractivity contribution in [1.82, 2.24) is 19.4 Å². The zero-order valence-electron chi connectivity index (χ0n) is 10.4. The Labute approximate surface area is 105 Å². The highest BCUT2D eigenvalue weighted by Crippen LogP contribution is 2.39. The lowest BCUT2D eigenvalue weighted by atomic mass is 9.97. The van der Waals surface area contributed by atoms with E-state index in [0.717, 1.165) is 22.6 Å². The molecule has 2 unspecified atom stereocenters. The summed E-state index contributed by atoms with van der Waals surface area (Å²) in [5, 5.41) is 0. The lowest BCUT2D eigenvalue weighted by Gasteiger charge is -2.14. The molecule has 0 aromatic carbocycles. The molecular formula is C14H16N4. The topological polar surface area (TPSA) is 46.0 Å². The number of aromatic amines is 1. The first-order chi connectivity index (χ1) is 8.84. The molecule has 0 saturated heterocycles. The van der Waals surface area contributed by atoms with Crippen molar-refractivity contribution in [2.45, 2.75) is 32.1 Å². The van der Waals surface area contributed by atoms with Gasteiger partial charge in [-0.3, -0.25) is 4.40 Å². The van der Waals surface area contributed by atoms with E-state index in [9.17, 15) is 0 Å².